The molecule has 0 bridgehead atoms. The van der Waals surface area contributed by atoms with Crippen molar-refractivity contribution in [3.05, 3.63) is 29.6 Å². The lowest BCUT2D eigenvalue weighted by molar-refractivity contribution is -0.140. The fraction of sp³-hybridized carbons (Fsp3) is 0.467. The first kappa shape index (κ1) is 18.0. The van der Waals surface area contributed by atoms with Crippen molar-refractivity contribution >= 4 is 17.6 Å². The maximum atomic E-state index is 13.8. The van der Waals surface area contributed by atoms with Gasteiger partial charge in [-0.05, 0) is 25.0 Å². The van der Waals surface area contributed by atoms with E-state index in [4.69, 9.17) is 0 Å². The molecule has 1 fully saturated rings. The van der Waals surface area contributed by atoms with E-state index < -0.39 is 29.3 Å². The molecule has 0 aliphatic carbocycles. The Morgan fingerprint density at radius 3 is 2.67 bits per heavy atom. The van der Waals surface area contributed by atoms with Crippen LogP contribution in [0.2, 0.25) is 0 Å². The first-order chi connectivity index (χ1) is 11.3. The molecule has 1 saturated heterocycles. The number of amides is 3. The normalized spacial score (nSPS) is 15.3. The van der Waals surface area contributed by atoms with Gasteiger partial charge in [0.1, 0.15) is 0 Å². The van der Waals surface area contributed by atoms with Gasteiger partial charge in [-0.2, -0.15) is 13.2 Å². The Balaban J connectivity index is 1.87. The first-order valence-electron chi connectivity index (χ1n) is 7.47. The minimum absolute atomic E-state index is 0.00683. The third-order valence-corrected chi connectivity index (χ3v) is 3.64. The van der Waals surface area contributed by atoms with Crippen molar-refractivity contribution < 1.29 is 27.2 Å². The Morgan fingerprint density at radius 2 is 2.00 bits per heavy atom. The number of alkyl halides is 3. The Bertz CT molecular complexity index is 619. The fourth-order valence-corrected chi connectivity index (χ4v) is 2.42. The van der Waals surface area contributed by atoms with Crippen LogP contribution in [0.25, 0.3) is 0 Å². The summed E-state index contributed by atoms with van der Waals surface area (Å²) < 4.78 is 51.6. The van der Waals surface area contributed by atoms with E-state index in [1.165, 1.54) is 0 Å². The van der Waals surface area contributed by atoms with Gasteiger partial charge in [0.25, 0.3) is 0 Å². The lowest BCUT2D eigenvalue weighted by Gasteiger charge is -2.26. The van der Waals surface area contributed by atoms with Crippen LogP contribution in [0.3, 0.4) is 0 Å². The zero-order valence-corrected chi connectivity index (χ0v) is 12.8. The van der Waals surface area contributed by atoms with Crippen molar-refractivity contribution in [2.24, 2.45) is 0 Å². The van der Waals surface area contributed by atoms with E-state index in [0.717, 1.165) is 25.0 Å². The summed E-state index contributed by atoms with van der Waals surface area (Å²) in [5.41, 5.74) is -2.00. The van der Waals surface area contributed by atoms with Crippen LogP contribution in [0.1, 0.15) is 24.8 Å². The summed E-state index contributed by atoms with van der Waals surface area (Å²) in [6.45, 7) is 1.04. The molecule has 5 nitrogen and oxygen atoms in total. The number of rotatable bonds is 4. The third kappa shape index (κ3) is 4.59. The highest BCUT2D eigenvalue weighted by atomic mass is 19.4. The maximum Gasteiger partial charge on any atom is 0.419 e. The van der Waals surface area contributed by atoms with Gasteiger partial charge in [0.2, 0.25) is 5.91 Å². The molecule has 0 atom stereocenters. The molecule has 1 aliphatic rings. The van der Waals surface area contributed by atoms with Crippen LogP contribution in [0.15, 0.2) is 18.2 Å². The largest absolute Gasteiger partial charge is 0.419 e. The van der Waals surface area contributed by atoms with Crippen molar-refractivity contribution in [1.82, 2.24) is 10.2 Å². The summed E-state index contributed by atoms with van der Waals surface area (Å²) in [5, 5.41) is 4.44. The number of anilines is 1. The summed E-state index contributed by atoms with van der Waals surface area (Å²) in [6.07, 6.45) is -2.63. The molecule has 2 N–H and O–H groups in total. The summed E-state index contributed by atoms with van der Waals surface area (Å²) in [7, 11) is 0. The summed E-state index contributed by atoms with van der Waals surface area (Å²) in [4.78, 5) is 24.9. The fourth-order valence-electron chi connectivity index (χ4n) is 2.42. The third-order valence-electron chi connectivity index (χ3n) is 3.64. The van der Waals surface area contributed by atoms with E-state index >= 15 is 0 Å². The lowest BCUT2D eigenvalue weighted by Crippen LogP contribution is -2.42. The predicted molar refractivity (Wildman–Crippen MR) is 78.9 cm³/mol. The Morgan fingerprint density at radius 1 is 1.25 bits per heavy atom. The molecule has 0 spiro atoms. The monoisotopic (exact) mass is 347 g/mol. The lowest BCUT2D eigenvalue weighted by atomic mass is 10.1. The number of urea groups is 1. The molecule has 2 rings (SSSR count). The Hall–Kier alpha value is -2.32. The summed E-state index contributed by atoms with van der Waals surface area (Å²) in [6, 6.07) is 1.81. The number of benzene rings is 1. The van der Waals surface area contributed by atoms with Gasteiger partial charge in [-0.15, -0.1) is 0 Å². The van der Waals surface area contributed by atoms with E-state index in [1.807, 2.05) is 5.32 Å². The van der Waals surface area contributed by atoms with Crippen molar-refractivity contribution in [2.45, 2.75) is 25.4 Å². The number of nitrogens with one attached hydrogen (secondary N) is 2. The van der Waals surface area contributed by atoms with E-state index in [1.54, 1.807) is 4.90 Å². The van der Waals surface area contributed by atoms with Crippen LogP contribution in [0, 0.1) is 5.82 Å². The average molecular weight is 347 g/mol. The van der Waals surface area contributed by atoms with Gasteiger partial charge in [-0.3, -0.25) is 4.79 Å². The molecular weight excluding hydrogens is 330 g/mol. The molecule has 1 aromatic carbocycles. The van der Waals surface area contributed by atoms with Gasteiger partial charge in [-0.25, -0.2) is 9.18 Å². The van der Waals surface area contributed by atoms with Gasteiger partial charge in [-0.1, -0.05) is 6.07 Å². The van der Waals surface area contributed by atoms with Crippen LogP contribution >= 0.6 is 0 Å². The number of halogens is 4. The smallest absolute Gasteiger partial charge is 0.341 e. The number of carbonyl (C=O) groups excluding carboxylic acids is 2. The molecule has 132 valence electrons. The van der Waals surface area contributed by atoms with Crippen molar-refractivity contribution in [3.8, 4) is 0 Å². The molecule has 3 amide bonds. The molecule has 0 unspecified atom stereocenters. The minimum Gasteiger partial charge on any atom is -0.341 e. The number of piperidine rings is 1. The Kier molecular flexibility index (Phi) is 5.63. The second-order valence-electron chi connectivity index (χ2n) is 5.38. The molecule has 0 aromatic heterocycles. The highest BCUT2D eigenvalue weighted by Crippen LogP contribution is 2.33. The maximum absolute atomic E-state index is 13.8. The van der Waals surface area contributed by atoms with Gasteiger partial charge in [0.15, 0.2) is 5.82 Å². The van der Waals surface area contributed by atoms with Crippen molar-refractivity contribution in [3.63, 3.8) is 0 Å². The molecular formula is C15H17F4N3O2. The molecule has 0 saturated carbocycles. The van der Waals surface area contributed by atoms with Gasteiger partial charge in [0.05, 0.1) is 11.3 Å². The number of hydrogen-bond donors (Lipinski definition) is 2. The minimum atomic E-state index is -4.84. The highest BCUT2D eigenvalue weighted by molar-refractivity contribution is 5.89. The second-order valence-corrected chi connectivity index (χ2v) is 5.38. The topological polar surface area (TPSA) is 61.4 Å². The van der Waals surface area contributed by atoms with Crippen LogP contribution in [0.5, 0.6) is 0 Å². The first-order valence-corrected chi connectivity index (χ1v) is 7.47. The molecule has 24 heavy (non-hydrogen) atoms. The number of carbonyl (C=O) groups is 2. The zero-order chi connectivity index (χ0) is 17.7. The molecule has 1 aromatic rings. The van der Waals surface area contributed by atoms with E-state index in [9.17, 15) is 27.2 Å². The number of likely N-dealkylation sites (tertiary alicyclic amines) is 1. The van der Waals surface area contributed by atoms with Gasteiger partial charge < -0.3 is 15.5 Å². The SMILES string of the molecule is O=C(NCCN1CCCCC1=O)Nc1cccc(C(F)(F)F)c1F. The summed E-state index contributed by atoms with van der Waals surface area (Å²) in [5.74, 6) is -1.53. The highest BCUT2D eigenvalue weighted by Gasteiger charge is 2.35. The van der Waals surface area contributed by atoms with Crippen LogP contribution in [-0.2, 0) is 11.0 Å². The molecule has 0 radical (unpaired) electrons. The van der Waals surface area contributed by atoms with Crippen LogP contribution in [0.4, 0.5) is 28.0 Å². The van der Waals surface area contributed by atoms with Crippen molar-refractivity contribution in [2.75, 3.05) is 25.0 Å². The van der Waals surface area contributed by atoms with E-state index in [-0.39, 0.29) is 12.5 Å². The number of hydrogen-bond acceptors (Lipinski definition) is 2. The van der Waals surface area contributed by atoms with Gasteiger partial charge in [0, 0.05) is 26.1 Å². The standard InChI is InChI=1S/C15H17F4N3O2/c16-13-10(15(17,18)19)4-3-5-11(13)21-14(24)20-7-9-22-8-2-1-6-12(22)23/h3-5H,1-2,6-9H2,(H2,20,21,24). The number of nitrogens with zero attached hydrogens (tertiary/aromatic N) is 1. The van der Waals surface area contributed by atoms with Gasteiger partial charge >= 0.3 is 12.2 Å². The van der Waals surface area contributed by atoms with E-state index in [2.05, 4.69) is 5.32 Å². The zero-order valence-electron chi connectivity index (χ0n) is 12.8. The molecule has 1 aliphatic heterocycles. The Labute approximate surface area is 136 Å². The molecule has 1 heterocycles. The van der Waals surface area contributed by atoms with Crippen LogP contribution in [-0.4, -0.2) is 36.5 Å². The quantitative estimate of drug-likeness (QED) is 0.823. The van der Waals surface area contributed by atoms with Crippen LogP contribution < -0.4 is 10.6 Å². The molecule has 9 heteroatoms. The average Bonchev–Trinajstić information content (AvgIpc) is 2.50. The predicted octanol–water partition coefficient (Wildman–Crippen LogP) is 2.98. The summed E-state index contributed by atoms with van der Waals surface area (Å²) >= 11 is 0. The van der Waals surface area contributed by atoms with Crippen molar-refractivity contribution in [1.29, 1.82) is 0 Å². The second kappa shape index (κ2) is 7.50. The van der Waals surface area contributed by atoms with E-state index in [0.29, 0.717) is 25.6 Å².